The topological polar surface area (TPSA) is 58.4 Å². The molecule has 2 unspecified atom stereocenters. The van der Waals surface area contributed by atoms with Gasteiger partial charge in [0.2, 0.25) is 0 Å². The smallest absolute Gasteiger partial charge is 0.308 e. The number of carbonyl (C=O) groups is 1. The Labute approximate surface area is 101 Å². The van der Waals surface area contributed by atoms with Gasteiger partial charge in [-0.1, -0.05) is 0 Å². The molecule has 1 aromatic rings. The fourth-order valence-electron chi connectivity index (χ4n) is 2.55. The zero-order valence-corrected chi connectivity index (χ0v) is 10.3. The second-order valence-corrected chi connectivity index (χ2v) is 4.71. The van der Waals surface area contributed by atoms with E-state index < -0.39 is 5.97 Å². The second-order valence-electron chi connectivity index (χ2n) is 4.71. The van der Waals surface area contributed by atoms with Gasteiger partial charge in [0, 0.05) is 37.9 Å². The number of hydrogen-bond acceptors (Lipinski definition) is 3. The predicted octanol–water partition coefficient (Wildman–Crippen LogP) is 0.758. The minimum absolute atomic E-state index is 0.140. The summed E-state index contributed by atoms with van der Waals surface area (Å²) in [6.07, 6.45) is 3.48. The van der Waals surface area contributed by atoms with E-state index in [1.807, 2.05) is 24.7 Å². The lowest BCUT2D eigenvalue weighted by Gasteiger charge is -2.22. The molecule has 94 valence electrons. The number of likely N-dealkylation sites (tertiary alicyclic amines) is 1. The van der Waals surface area contributed by atoms with Gasteiger partial charge in [-0.2, -0.15) is 5.10 Å². The molecule has 0 aromatic carbocycles. The van der Waals surface area contributed by atoms with Crippen LogP contribution in [0.2, 0.25) is 0 Å². The highest BCUT2D eigenvalue weighted by atomic mass is 16.4. The zero-order valence-electron chi connectivity index (χ0n) is 10.3. The summed E-state index contributed by atoms with van der Waals surface area (Å²) in [7, 11) is 1.93. The molecule has 0 saturated carbocycles. The van der Waals surface area contributed by atoms with Crippen LogP contribution < -0.4 is 0 Å². The highest BCUT2D eigenvalue weighted by molar-refractivity contribution is 5.71. The van der Waals surface area contributed by atoms with Crippen molar-refractivity contribution in [2.75, 3.05) is 13.1 Å². The van der Waals surface area contributed by atoms with Crippen molar-refractivity contribution in [3.63, 3.8) is 0 Å². The maximum atomic E-state index is 11.0. The van der Waals surface area contributed by atoms with E-state index in [0.29, 0.717) is 0 Å². The van der Waals surface area contributed by atoms with E-state index in [1.54, 1.807) is 6.20 Å². The van der Waals surface area contributed by atoms with Crippen molar-refractivity contribution in [3.8, 4) is 0 Å². The summed E-state index contributed by atoms with van der Waals surface area (Å²) in [4.78, 5) is 13.3. The molecule has 0 radical (unpaired) electrons. The Morgan fingerprint density at radius 2 is 2.41 bits per heavy atom. The molecule has 17 heavy (non-hydrogen) atoms. The fourth-order valence-corrected chi connectivity index (χ4v) is 2.55. The lowest BCUT2D eigenvalue weighted by atomic mass is 10.0. The Bertz CT molecular complexity index is 402. The molecule has 5 heteroatoms. The van der Waals surface area contributed by atoms with Gasteiger partial charge in [-0.05, 0) is 26.0 Å². The SMILES string of the molecule is CC1C(C(=O)O)CCN1CCc1ccnn1C. The highest BCUT2D eigenvalue weighted by Gasteiger charge is 2.35. The molecule has 1 N–H and O–H groups in total. The molecule has 1 aromatic heterocycles. The predicted molar refractivity (Wildman–Crippen MR) is 63.7 cm³/mol. The van der Waals surface area contributed by atoms with Crippen LogP contribution in [0.25, 0.3) is 0 Å². The first-order valence-corrected chi connectivity index (χ1v) is 6.03. The van der Waals surface area contributed by atoms with Crippen molar-refractivity contribution in [2.24, 2.45) is 13.0 Å². The van der Waals surface area contributed by atoms with E-state index >= 15 is 0 Å². The number of aromatic nitrogens is 2. The number of aryl methyl sites for hydroxylation is 1. The van der Waals surface area contributed by atoms with Crippen molar-refractivity contribution in [1.29, 1.82) is 0 Å². The number of hydrogen-bond donors (Lipinski definition) is 1. The van der Waals surface area contributed by atoms with E-state index in [-0.39, 0.29) is 12.0 Å². The molecule has 1 aliphatic heterocycles. The molecule has 0 spiro atoms. The van der Waals surface area contributed by atoms with Gasteiger partial charge < -0.3 is 5.11 Å². The maximum Gasteiger partial charge on any atom is 0.308 e. The summed E-state index contributed by atoms with van der Waals surface area (Å²) < 4.78 is 1.87. The van der Waals surface area contributed by atoms with Crippen LogP contribution in [0.1, 0.15) is 19.0 Å². The molecule has 2 heterocycles. The van der Waals surface area contributed by atoms with Gasteiger partial charge in [0.15, 0.2) is 0 Å². The van der Waals surface area contributed by atoms with Crippen LogP contribution in [0.4, 0.5) is 0 Å². The monoisotopic (exact) mass is 237 g/mol. The first kappa shape index (κ1) is 12.1. The molecule has 2 atom stereocenters. The third kappa shape index (κ3) is 2.49. The molecule has 0 aliphatic carbocycles. The van der Waals surface area contributed by atoms with Crippen LogP contribution in [-0.2, 0) is 18.3 Å². The van der Waals surface area contributed by atoms with E-state index in [2.05, 4.69) is 10.00 Å². The number of aliphatic carboxylic acids is 1. The molecular weight excluding hydrogens is 218 g/mol. The van der Waals surface area contributed by atoms with Crippen LogP contribution in [0.3, 0.4) is 0 Å². The van der Waals surface area contributed by atoms with Gasteiger partial charge in [-0.3, -0.25) is 14.4 Å². The lowest BCUT2D eigenvalue weighted by molar-refractivity contribution is -0.142. The molecule has 0 bridgehead atoms. The number of nitrogens with zero attached hydrogens (tertiary/aromatic N) is 3. The summed E-state index contributed by atoms with van der Waals surface area (Å²) >= 11 is 0. The molecule has 2 rings (SSSR count). The molecule has 1 aliphatic rings. The summed E-state index contributed by atoms with van der Waals surface area (Å²) in [5.41, 5.74) is 1.19. The summed E-state index contributed by atoms with van der Waals surface area (Å²) in [5.74, 6) is -0.873. The van der Waals surface area contributed by atoms with E-state index in [9.17, 15) is 4.79 Å². The van der Waals surface area contributed by atoms with Crippen molar-refractivity contribution in [2.45, 2.75) is 25.8 Å². The average Bonchev–Trinajstić information content (AvgIpc) is 2.82. The maximum absolute atomic E-state index is 11.0. The Hall–Kier alpha value is -1.36. The normalized spacial score (nSPS) is 25.3. The van der Waals surface area contributed by atoms with E-state index in [0.717, 1.165) is 25.9 Å². The van der Waals surface area contributed by atoms with Crippen molar-refractivity contribution < 1.29 is 9.90 Å². The molecule has 5 nitrogen and oxygen atoms in total. The molecule has 1 fully saturated rings. The van der Waals surface area contributed by atoms with E-state index in [4.69, 9.17) is 5.11 Å². The minimum Gasteiger partial charge on any atom is -0.481 e. The summed E-state index contributed by atoms with van der Waals surface area (Å²) in [6, 6.07) is 2.15. The Kier molecular flexibility index (Phi) is 3.47. The molecular formula is C12H19N3O2. The fraction of sp³-hybridized carbons (Fsp3) is 0.667. The van der Waals surface area contributed by atoms with Crippen LogP contribution in [0.15, 0.2) is 12.3 Å². The highest BCUT2D eigenvalue weighted by Crippen LogP contribution is 2.24. The van der Waals surface area contributed by atoms with Gasteiger partial charge in [-0.25, -0.2) is 0 Å². The zero-order chi connectivity index (χ0) is 12.4. The summed E-state index contributed by atoms with van der Waals surface area (Å²) in [5, 5.41) is 13.2. The standard InChI is InChI=1S/C12H19N3O2/c1-9-11(12(16)17)5-8-15(9)7-4-10-3-6-13-14(10)2/h3,6,9,11H,4-5,7-8H2,1-2H3,(H,16,17). The lowest BCUT2D eigenvalue weighted by Crippen LogP contribution is -2.34. The minimum atomic E-state index is -0.666. The largest absolute Gasteiger partial charge is 0.481 e. The third-order valence-electron chi connectivity index (χ3n) is 3.78. The Balaban J connectivity index is 1.89. The average molecular weight is 237 g/mol. The third-order valence-corrected chi connectivity index (χ3v) is 3.78. The quantitative estimate of drug-likeness (QED) is 0.840. The second kappa shape index (κ2) is 4.87. The molecule has 1 saturated heterocycles. The van der Waals surface area contributed by atoms with Crippen molar-refractivity contribution in [1.82, 2.24) is 14.7 Å². The van der Waals surface area contributed by atoms with Crippen LogP contribution in [0, 0.1) is 5.92 Å². The van der Waals surface area contributed by atoms with Gasteiger partial charge in [0.1, 0.15) is 0 Å². The summed E-state index contributed by atoms with van der Waals surface area (Å²) in [6.45, 7) is 3.80. The van der Waals surface area contributed by atoms with Crippen LogP contribution in [0.5, 0.6) is 0 Å². The van der Waals surface area contributed by atoms with Crippen molar-refractivity contribution in [3.05, 3.63) is 18.0 Å². The van der Waals surface area contributed by atoms with Gasteiger partial charge in [0.25, 0.3) is 0 Å². The number of carboxylic acid groups (broad SMARTS) is 1. The van der Waals surface area contributed by atoms with Gasteiger partial charge in [0.05, 0.1) is 5.92 Å². The first-order valence-electron chi connectivity index (χ1n) is 6.03. The Morgan fingerprint density at radius 1 is 1.65 bits per heavy atom. The number of rotatable bonds is 4. The first-order chi connectivity index (χ1) is 8.09. The van der Waals surface area contributed by atoms with Crippen molar-refractivity contribution >= 4 is 5.97 Å². The van der Waals surface area contributed by atoms with Gasteiger partial charge >= 0.3 is 5.97 Å². The van der Waals surface area contributed by atoms with E-state index in [1.165, 1.54) is 5.69 Å². The Morgan fingerprint density at radius 3 is 2.94 bits per heavy atom. The van der Waals surface area contributed by atoms with Crippen LogP contribution in [-0.4, -0.2) is 44.9 Å². The number of carboxylic acids is 1. The van der Waals surface area contributed by atoms with Gasteiger partial charge in [-0.15, -0.1) is 0 Å². The molecule has 0 amide bonds. The van der Waals surface area contributed by atoms with Crippen LogP contribution >= 0.6 is 0 Å².